The molecule has 6 heteroatoms. The number of ether oxygens (including phenoxy) is 1. The molecule has 2 rings (SSSR count). The third-order valence-corrected chi connectivity index (χ3v) is 2.68. The summed E-state index contributed by atoms with van der Waals surface area (Å²) in [4.78, 5) is 11.7. The standard InChI is InChI=1S/C14H15N3O3/c1-3-12-14(17-20-16-12)15-13(18)9-6-10-4-7-11(19-2)8-5-10/h4-9H,3H2,1-2H3,(H,15,17,18)/b9-6+. The second-order valence-electron chi connectivity index (χ2n) is 4.01. The molecule has 0 bridgehead atoms. The quantitative estimate of drug-likeness (QED) is 0.846. The SMILES string of the molecule is CCc1nonc1NC(=O)/C=C/c1ccc(OC)cc1. The van der Waals surface area contributed by atoms with Crippen LogP contribution in [-0.2, 0) is 11.2 Å². The Bertz CT molecular complexity index is 602. The Morgan fingerprint density at radius 1 is 1.35 bits per heavy atom. The van der Waals surface area contributed by atoms with Gasteiger partial charge in [0.15, 0.2) is 0 Å². The topological polar surface area (TPSA) is 77.3 Å². The van der Waals surface area contributed by atoms with Crippen molar-refractivity contribution in [2.45, 2.75) is 13.3 Å². The Morgan fingerprint density at radius 2 is 2.10 bits per heavy atom. The van der Waals surface area contributed by atoms with Crippen LogP contribution in [0.4, 0.5) is 5.82 Å². The molecule has 1 aromatic carbocycles. The highest BCUT2D eigenvalue weighted by molar-refractivity contribution is 6.01. The third-order valence-electron chi connectivity index (χ3n) is 2.68. The zero-order chi connectivity index (χ0) is 14.4. The van der Waals surface area contributed by atoms with Gasteiger partial charge >= 0.3 is 0 Å². The Morgan fingerprint density at radius 3 is 2.75 bits per heavy atom. The molecule has 6 nitrogen and oxygen atoms in total. The number of nitrogens with one attached hydrogen (secondary N) is 1. The summed E-state index contributed by atoms with van der Waals surface area (Å²) in [6, 6.07) is 7.37. The number of nitrogens with zero attached hydrogens (tertiary/aromatic N) is 2. The highest BCUT2D eigenvalue weighted by atomic mass is 16.6. The number of rotatable bonds is 5. The first-order valence-electron chi connectivity index (χ1n) is 6.17. The normalized spacial score (nSPS) is 10.7. The van der Waals surface area contributed by atoms with Crippen LogP contribution >= 0.6 is 0 Å². The molecule has 0 saturated heterocycles. The van der Waals surface area contributed by atoms with Crippen molar-refractivity contribution in [1.29, 1.82) is 0 Å². The molecule has 104 valence electrons. The van der Waals surface area contributed by atoms with Gasteiger partial charge in [0.25, 0.3) is 0 Å². The van der Waals surface area contributed by atoms with E-state index in [1.165, 1.54) is 6.08 Å². The van der Waals surface area contributed by atoms with Gasteiger partial charge in [0, 0.05) is 6.08 Å². The van der Waals surface area contributed by atoms with E-state index in [1.54, 1.807) is 13.2 Å². The zero-order valence-corrected chi connectivity index (χ0v) is 11.3. The third kappa shape index (κ3) is 3.44. The first-order valence-corrected chi connectivity index (χ1v) is 6.17. The molecule has 0 saturated carbocycles. The van der Waals surface area contributed by atoms with Crippen molar-refractivity contribution in [2.75, 3.05) is 12.4 Å². The predicted octanol–water partition coefficient (Wildman–Crippen LogP) is 2.29. The molecule has 0 radical (unpaired) electrons. The van der Waals surface area contributed by atoms with E-state index in [9.17, 15) is 4.79 Å². The van der Waals surface area contributed by atoms with Gasteiger partial charge in [-0.2, -0.15) is 0 Å². The fourth-order valence-corrected chi connectivity index (χ4v) is 1.58. The van der Waals surface area contributed by atoms with Gasteiger partial charge in [-0.3, -0.25) is 4.79 Å². The zero-order valence-electron chi connectivity index (χ0n) is 11.3. The Labute approximate surface area is 116 Å². The number of benzene rings is 1. The van der Waals surface area contributed by atoms with Crippen molar-refractivity contribution in [3.05, 3.63) is 41.6 Å². The van der Waals surface area contributed by atoms with Gasteiger partial charge in [-0.1, -0.05) is 24.2 Å². The summed E-state index contributed by atoms with van der Waals surface area (Å²) in [6.07, 6.45) is 3.77. The number of carbonyl (C=O) groups excluding carboxylic acids is 1. The van der Waals surface area contributed by atoms with Crippen LogP contribution in [0.25, 0.3) is 6.08 Å². The maximum atomic E-state index is 11.7. The molecular weight excluding hydrogens is 258 g/mol. The molecule has 0 fully saturated rings. The lowest BCUT2D eigenvalue weighted by atomic mass is 10.2. The number of aryl methyl sites for hydroxylation is 1. The van der Waals surface area contributed by atoms with Crippen LogP contribution in [0.15, 0.2) is 35.0 Å². The van der Waals surface area contributed by atoms with Gasteiger partial charge in [0.05, 0.1) is 7.11 Å². The molecule has 0 aliphatic carbocycles. The van der Waals surface area contributed by atoms with E-state index in [-0.39, 0.29) is 5.91 Å². The van der Waals surface area contributed by atoms with Crippen LogP contribution in [0.5, 0.6) is 5.75 Å². The fourth-order valence-electron chi connectivity index (χ4n) is 1.58. The van der Waals surface area contributed by atoms with Crippen LogP contribution in [-0.4, -0.2) is 23.3 Å². The van der Waals surface area contributed by atoms with Crippen LogP contribution in [0.2, 0.25) is 0 Å². The molecule has 1 N–H and O–H groups in total. The molecule has 1 heterocycles. The van der Waals surface area contributed by atoms with Crippen molar-refractivity contribution in [3.8, 4) is 5.75 Å². The van der Waals surface area contributed by atoms with E-state index in [2.05, 4.69) is 20.3 Å². The highest BCUT2D eigenvalue weighted by Crippen LogP contribution is 2.13. The average molecular weight is 273 g/mol. The van der Waals surface area contributed by atoms with E-state index in [4.69, 9.17) is 4.74 Å². The van der Waals surface area contributed by atoms with Crippen molar-refractivity contribution in [2.24, 2.45) is 0 Å². The van der Waals surface area contributed by atoms with Gasteiger partial charge in [-0.15, -0.1) is 0 Å². The Balaban J connectivity index is 1.98. The molecule has 0 atom stereocenters. The van der Waals surface area contributed by atoms with E-state index in [1.807, 2.05) is 31.2 Å². The number of hydrogen-bond donors (Lipinski definition) is 1. The molecule has 0 aliphatic rings. The van der Waals surface area contributed by atoms with Crippen LogP contribution in [0, 0.1) is 0 Å². The van der Waals surface area contributed by atoms with Crippen molar-refractivity contribution in [3.63, 3.8) is 0 Å². The lowest BCUT2D eigenvalue weighted by molar-refractivity contribution is -0.111. The number of methoxy groups -OCH3 is 1. The number of anilines is 1. The maximum Gasteiger partial charge on any atom is 0.249 e. The van der Waals surface area contributed by atoms with Gasteiger partial charge in [-0.05, 0) is 35.3 Å². The monoisotopic (exact) mass is 273 g/mol. The first kappa shape index (κ1) is 13.8. The van der Waals surface area contributed by atoms with Gasteiger partial charge in [-0.25, -0.2) is 4.63 Å². The Kier molecular flexibility index (Phi) is 4.49. The summed E-state index contributed by atoms with van der Waals surface area (Å²) >= 11 is 0. The smallest absolute Gasteiger partial charge is 0.249 e. The molecular formula is C14H15N3O3. The van der Waals surface area contributed by atoms with Gasteiger partial charge < -0.3 is 10.1 Å². The van der Waals surface area contributed by atoms with Crippen LogP contribution in [0.1, 0.15) is 18.2 Å². The largest absolute Gasteiger partial charge is 0.497 e. The lowest BCUT2D eigenvalue weighted by Gasteiger charge is -1.99. The molecule has 2 aromatic rings. The van der Waals surface area contributed by atoms with Gasteiger partial charge in [0.2, 0.25) is 11.7 Å². The number of carbonyl (C=O) groups is 1. The van der Waals surface area contributed by atoms with E-state index in [0.717, 1.165) is 11.3 Å². The highest BCUT2D eigenvalue weighted by Gasteiger charge is 2.09. The molecule has 1 amide bonds. The second-order valence-corrected chi connectivity index (χ2v) is 4.01. The van der Waals surface area contributed by atoms with Crippen molar-refractivity contribution in [1.82, 2.24) is 10.3 Å². The molecule has 0 unspecified atom stereocenters. The maximum absolute atomic E-state index is 11.7. The van der Waals surface area contributed by atoms with Crippen molar-refractivity contribution >= 4 is 17.8 Å². The predicted molar refractivity (Wildman–Crippen MR) is 74.3 cm³/mol. The fraction of sp³-hybridized carbons (Fsp3) is 0.214. The lowest BCUT2D eigenvalue weighted by Crippen LogP contribution is -2.09. The van der Waals surface area contributed by atoms with Crippen molar-refractivity contribution < 1.29 is 14.2 Å². The Hall–Kier alpha value is -2.63. The minimum absolute atomic E-state index is 0.286. The second kappa shape index (κ2) is 6.51. The summed E-state index contributed by atoms with van der Waals surface area (Å²) in [7, 11) is 1.61. The van der Waals surface area contributed by atoms with Gasteiger partial charge in [0.1, 0.15) is 11.4 Å². The van der Waals surface area contributed by atoms with E-state index in [0.29, 0.717) is 17.9 Å². The molecule has 0 aliphatic heterocycles. The first-order chi connectivity index (χ1) is 9.72. The minimum atomic E-state index is -0.286. The van der Waals surface area contributed by atoms with E-state index >= 15 is 0 Å². The number of hydrogen-bond acceptors (Lipinski definition) is 5. The molecule has 20 heavy (non-hydrogen) atoms. The summed E-state index contributed by atoms with van der Waals surface area (Å²) in [6.45, 7) is 1.91. The minimum Gasteiger partial charge on any atom is -0.497 e. The summed E-state index contributed by atoms with van der Waals surface area (Å²) < 4.78 is 9.63. The van der Waals surface area contributed by atoms with Crippen LogP contribution in [0.3, 0.4) is 0 Å². The summed E-state index contributed by atoms with van der Waals surface area (Å²) in [5, 5.41) is 9.94. The average Bonchev–Trinajstić information content (AvgIpc) is 2.92. The number of amides is 1. The summed E-state index contributed by atoms with van der Waals surface area (Å²) in [5.41, 5.74) is 1.52. The molecule has 1 aromatic heterocycles. The number of aromatic nitrogens is 2. The van der Waals surface area contributed by atoms with Crippen LogP contribution < -0.4 is 10.1 Å². The molecule has 0 spiro atoms. The van der Waals surface area contributed by atoms with E-state index < -0.39 is 0 Å². The summed E-state index contributed by atoms with van der Waals surface area (Å²) in [5.74, 6) is 0.843.